The molecule has 0 aliphatic carbocycles. The summed E-state index contributed by atoms with van der Waals surface area (Å²) in [5, 5.41) is 0. The van der Waals surface area contributed by atoms with Crippen molar-refractivity contribution in [2.45, 2.75) is 245 Å². The Balaban J connectivity index is 4.35. The van der Waals surface area contributed by atoms with Crippen LogP contribution in [0.5, 0.6) is 0 Å². The molecule has 0 heterocycles. The molecule has 1 atom stereocenters. The number of hydrogen-bond acceptors (Lipinski definition) is 6. The molecule has 0 rings (SSSR count). The van der Waals surface area contributed by atoms with E-state index in [4.69, 9.17) is 14.2 Å². The molecule has 0 aliphatic rings. The Hall–Kier alpha value is -5.23. The average molecular weight is 1060 g/mol. The maximum absolute atomic E-state index is 12.9. The van der Waals surface area contributed by atoms with E-state index in [2.05, 4.69) is 179 Å². The number of ether oxygens (including phenoxy) is 3. The van der Waals surface area contributed by atoms with Crippen molar-refractivity contribution in [2.24, 2.45) is 0 Å². The second-order valence-electron chi connectivity index (χ2n) is 19.5. The lowest BCUT2D eigenvalue weighted by molar-refractivity contribution is -0.166. The van der Waals surface area contributed by atoms with E-state index >= 15 is 0 Å². The monoisotopic (exact) mass is 1060 g/mol. The summed E-state index contributed by atoms with van der Waals surface area (Å²) in [6.45, 7) is 6.20. The zero-order valence-corrected chi connectivity index (χ0v) is 49.1. The van der Waals surface area contributed by atoms with Crippen LogP contribution >= 0.6 is 0 Å². The minimum Gasteiger partial charge on any atom is -0.462 e. The van der Waals surface area contributed by atoms with Crippen LogP contribution in [0.15, 0.2) is 170 Å². The molecule has 0 bridgehead atoms. The fourth-order valence-electron chi connectivity index (χ4n) is 7.74. The van der Waals surface area contributed by atoms with Crippen LogP contribution < -0.4 is 0 Å². The Morgan fingerprint density at radius 3 is 0.805 bits per heavy atom. The molecule has 0 aliphatic heterocycles. The van der Waals surface area contributed by atoms with Crippen LogP contribution in [0.25, 0.3) is 0 Å². The summed E-state index contributed by atoms with van der Waals surface area (Å²) in [5.41, 5.74) is 0. The van der Waals surface area contributed by atoms with Gasteiger partial charge in [-0.2, -0.15) is 0 Å². The molecule has 6 nitrogen and oxygen atoms in total. The van der Waals surface area contributed by atoms with E-state index in [-0.39, 0.29) is 44.0 Å². The molecule has 0 N–H and O–H groups in total. The zero-order chi connectivity index (χ0) is 55.7. The van der Waals surface area contributed by atoms with Crippen molar-refractivity contribution >= 4 is 17.9 Å². The number of carbonyl (C=O) groups excluding carboxylic acids is 3. The standard InChI is InChI=1S/C71H110O6/c1-4-7-10-13-16-19-22-25-27-28-29-30-31-32-33-34-35-36-37-38-39-40-41-42-44-46-49-52-55-58-61-64-70(73)76-67-68(66-75-69(72)63-60-57-54-51-48-45-24-21-18-15-12-9-6-3)77-71(74)65-62-59-56-53-50-47-43-26-23-20-17-14-11-8-5-2/h7-12,16-21,25-27,29-30,32-33,35-36,38-39,43,45,48,54,57,68H,4-6,13-15,22-24,28,31,34,37,40-42,44,46-47,49-53,55-56,58-67H2,1-3H3/b10-7-,11-8-,12-9-,19-16-,20-17-,21-18-,27-25-,30-29-,33-32-,36-35-,39-38-,43-26-,48-45-,57-54-. The van der Waals surface area contributed by atoms with Gasteiger partial charge in [0.1, 0.15) is 13.2 Å². The maximum atomic E-state index is 12.9. The molecule has 0 aromatic carbocycles. The van der Waals surface area contributed by atoms with E-state index in [9.17, 15) is 14.4 Å². The van der Waals surface area contributed by atoms with Crippen LogP contribution in [-0.4, -0.2) is 37.2 Å². The first-order chi connectivity index (χ1) is 38.0. The van der Waals surface area contributed by atoms with Gasteiger partial charge in [-0.25, -0.2) is 0 Å². The normalized spacial score (nSPS) is 13.3. The summed E-state index contributed by atoms with van der Waals surface area (Å²) in [7, 11) is 0. The fourth-order valence-corrected chi connectivity index (χ4v) is 7.74. The van der Waals surface area contributed by atoms with E-state index in [0.29, 0.717) is 12.8 Å². The molecule has 0 aromatic heterocycles. The summed E-state index contributed by atoms with van der Waals surface area (Å²) in [4.78, 5) is 38.2. The van der Waals surface area contributed by atoms with Crippen LogP contribution in [0.4, 0.5) is 0 Å². The smallest absolute Gasteiger partial charge is 0.306 e. The first-order valence-electron chi connectivity index (χ1n) is 30.6. The van der Waals surface area contributed by atoms with Crippen molar-refractivity contribution in [1.29, 1.82) is 0 Å². The summed E-state index contributed by atoms with van der Waals surface area (Å²) < 4.78 is 16.8. The van der Waals surface area contributed by atoms with Gasteiger partial charge < -0.3 is 14.2 Å². The number of unbranched alkanes of at least 4 members (excludes halogenated alkanes) is 14. The van der Waals surface area contributed by atoms with Crippen LogP contribution in [0.3, 0.4) is 0 Å². The highest BCUT2D eigenvalue weighted by atomic mass is 16.6. The second-order valence-corrected chi connectivity index (χ2v) is 19.5. The molecule has 0 radical (unpaired) electrons. The van der Waals surface area contributed by atoms with Gasteiger partial charge in [-0.05, 0) is 135 Å². The van der Waals surface area contributed by atoms with Crippen molar-refractivity contribution in [1.82, 2.24) is 0 Å². The van der Waals surface area contributed by atoms with Gasteiger partial charge in [0.15, 0.2) is 6.10 Å². The Labute approximate surface area is 472 Å². The first-order valence-corrected chi connectivity index (χ1v) is 30.6. The van der Waals surface area contributed by atoms with E-state index in [1.165, 1.54) is 38.5 Å². The van der Waals surface area contributed by atoms with Gasteiger partial charge in [-0.3, -0.25) is 14.4 Å². The van der Waals surface area contributed by atoms with Gasteiger partial charge in [0.05, 0.1) is 0 Å². The molecule has 0 fully saturated rings. The minimum atomic E-state index is -0.827. The van der Waals surface area contributed by atoms with Crippen molar-refractivity contribution in [3.63, 3.8) is 0 Å². The highest BCUT2D eigenvalue weighted by Gasteiger charge is 2.19. The molecule has 430 valence electrons. The Bertz CT molecular complexity index is 1790. The van der Waals surface area contributed by atoms with Crippen molar-refractivity contribution in [3.05, 3.63) is 170 Å². The Kier molecular flexibility index (Phi) is 59.0. The second kappa shape index (κ2) is 63.3. The average Bonchev–Trinajstić information content (AvgIpc) is 3.43. The Morgan fingerprint density at radius 2 is 0.494 bits per heavy atom. The van der Waals surface area contributed by atoms with Gasteiger partial charge in [-0.15, -0.1) is 0 Å². The van der Waals surface area contributed by atoms with E-state index in [0.717, 1.165) is 154 Å². The molecule has 0 saturated carbocycles. The largest absolute Gasteiger partial charge is 0.462 e. The van der Waals surface area contributed by atoms with Gasteiger partial charge in [0.2, 0.25) is 0 Å². The lowest BCUT2D eigenvalue weighted by Crippen LogP contribution is -2.30. The van der Waals surface area contributed by atoms with E-state index in [1.807, 2.05) is 12.2 Å². The molecule has 0 spiro atoms. The van der Waals surface area contributed by atoms with Crippen molar-refractivity contribution in [3.8, 4) is 0 Å². The molecule has 1 unspecified atom stereocenters. The summed E-state index contributed by atoms with van der Waals surface area (Å²) in [6, 6.07) is 0. The van der Waals surface area contributed by atoms with Gasteiger partial charge >= 0.3 is 17.9 Å². The minimum absolute atomic E-state index is 0.118. The van der Waals surface area contributed by atoms with Gasteiger partial charge in [-0.1, -0.05) is 255 Å². The molecular weight excluding hydrogens is 949 g/mol. The Morgan fingerprint density at radius 1 is 0.260 bits per heavy atom. The topological polar surface area (TPSA) is 78.9 Å². The number of carbonyl (C=O) groups is 3. The highest BCUT2D eigenvalue weighted by molar-refractivity contribution is 5.71. The first kappa shape index (κ1) is 71.8. The number of rotatable bonds is 53. The summed E-state index contributed by atoms with van der Waals surface area (Å²) >= 11 is 0. The van der Waals surface area contributed by atoms with Gasteiger partial charge in [0.25, 0.3) is 0 Å². The molecule has 0 amide bonds. The number of allylic oxidation sites excluding steroid dienone is 28. The van der Waals surface area contributed by atoms with E-state index < -0.39 is 6.10 Å². The van der Waals surface area contributed by atoms with Crippen LogP contribution in [-0.2, 0) is 28.6 Å². The third kappa shape index (κ3) is 61.5. The third-order valence-corrected chi connectivity index (χ3v) is 12.2. The lowest BCUT2D eigenvalue weighted by atomic mass is 10.1. The summed E-state index contributed by atoms with van der Waals surface area (Å²) in [5.74, 6) is -1.03. The number of esters is 3. The van der Waals surface area contributed by atoms with Crippen LogP contribution in [0.1, 0.15) is 239 Å². The lowest BCUT2D eigenvalue weighted by Gasteiger charge is -2.18. The molecule has 77 heavy (non-hydrogen) atoms. The zero-order valence-electron chi connectivity index (χ0n) is 49.1. The maximum Gasteiger partial charge on any atom is 0.306 e. The SMILES string of the molecule is CC/C=C\C/C=C\C/C=C\C/C=C\C/C=C\C/C=C\C/C=C\CCCCCCCCCCCC(=O)OCC(COC(=O)CC/C=C\C/C=C\C/C=C\C/C=C\CC)OC(=O)CCCCCCC/C=C\C/C=C\C/C=C\CC. The molecule has 0 saturated heterocycles. The molecule has 0 aromatic rings. The van der Waals surface area contributed by atoms with Crippen LogP contribution in [0.2, 0.25) is 0 Å². The predicted molar refractivity (Wildman–Crippen MR) is 334 cm³/mol. The van der Waals surface area contributed by atoms with Crippen LogP contribution in [0, 0.1) is 0 Å². The van der Waals surface area contributed by atoms with E-state index in [1.54, 1.807) is 0 Å². The predicted octanol–water partition coefficient (Wildman–Crippen LogP) is 21.1. The third-order valence-electron chi connectivity index (χ3n) is 12.2. The quantitative estimate of drug-likeness (QED) is 0.0261. The molecular formula is C71H110O6. The van der Waals surface area contributed by atoms with Crippen molar-refractivity contribution < 1.29 is 28.6 Å². The van der Waals surface area contributed by atoms with Gasteiger partial charge in [0, 0.05) is 19.3 Å². The highest BCUT2D eigenvalue weighted by Crippen LogP contribution is 2.14. The fraction of sp³-hybridized carbons (Fsp3) is 0.563. The number of hydrogen-bond donors (Lipinski definition) is 0. The summed E-state index contributed by atoms with van der Waals surface area (Å²) in [6.07, 6.45) is 93.7. The molecule has 6 heteroatoms. The van der Waals surface area contributed by atoms with Crippen molar-refractivity contribution in [2.75, 3.05) is 13.2 Å².